The third-order valence-corrected chi connectivity index (χ3v) is 3.59. The van der Waals surface area contributed by atoms with Crippen LogP contribution >= 0.6 is 0 Å². The summed E-state index contributed by atoms with van der Waals surface area (Å²) in [5.41, 5.74) is 2.19. The Morgan fingerprint density at radius 2 is 1.95 bits per heavy atom. The lowest BCUT2D eigenvalue weighted by molar-refractivity contribution is 0.0693. The molecule has 0 spiro atoms. The van der Waals surface area contributed by atoms with Gasteiger partial charge in [0.1, 0.15) is 11.3 Å². The third-order valence-electron chi connectivity index (χ3n) is 3.59. The molecule has 0 radical (unpaired) electrons. The summed E-state index contributed by atoms with van der Waals surface area (Å²) in [4.78, 5) is 25.1. The smallest absolute Gasteiger partial charge is 0.339 e. The van der Waals surface area contributed by atoms with E-state index in [-0.39, 0.29) is 17.2 Å². The Bertz CT molecular complexity index is 702. The lowest BCUT2D eigenvalue weighted by Crippen LogP contribution is -2.26. The molecule has 0 bridgehead atoms. The first kappa shape index (κ1) is 15.8. The van der Waals surface area contributed by atoms with Crippen molar-refractivity contribution in [1.29, 1.82) is 0 Å². The van der Waals surface area contributed by atoms with Gasteiger partial charge in [-0.05, 0) is 18.1 Å². The first-order valence-corrected chi connectivity index (χ1v) is 7.10. The van der Waals surface area contributed by atoms with Crippen molar-refractivity contribution < 1.29 is 19.1 Å². The number of aromatic carboxylic acids is 1. The number of nitrogens with zero attached hydrogens (tertiary/aromatic N) is 1. The molecule has 0 aliphatic rings. The van der Waals surface area contributed by atoms with Crippen LogP contribution in [-0.4, -0.2) is 28.9 Å². The van der Waals surface area contributed by atoms with Gasteiger partial charge in [0.2, 0.25) is 0 Å². The molecule has 5 nitrogen and oxygen atoms in total. The maximum Gasteiger partial charge on any atom is 0.339 e. The van der Waals surface area contributed by atoms with Gasteiger partial charge in [-0.1, -0.05) is 31.2 Å². The summed E-state index contributed by atoms with van der Waals surface area (Å²) in [6.07, 6.45) is 0.427. The van der Waals surface area contributed by atoms with Crippen molar-refractivity contribution in [3.05, 3.63) is 58.5 Å². The zero-order valence-electron chi connectivity index (χ0n) is 12.9. The van der Waals surface area contributed by atoms with E-state index < -0.39 is 5.97 Å². The van der Waals surface area contributed by atoms with E-state index in [0.717, 1.165) is 11.1 Å². The van der Waals surface area contributed by atoms with Gasteiger partial charge in [0.15, 0.2) is 5.76 Å². The molecule has 0 aliphatic carbocycles. The van der Waals surface area contributed by atoms with Crippen LogP contribution in [0.2, 0.25) is 0 Å². The summed E-state index contributed by atoms with van der Waals surface area (Å²) in [7, 11) is 1.67. The number of furan rings is 1. The maximum absolute atomic E-state index is 12.4. The van der Waals surface area contributed by atoms with Crippen LogP contribution in [0.25, 0.3) is 0 Å². The molecule has 0 saturated carbocycles. The van der Waals surface area contributed by atoms with Crippen molar-refractivity contribution in [3.8, 4) is 0 Å². The molecule has 1 aromatic carbocycles. The lowest BCUT2D eigenvalue weighted by atomic mass is 10.1. The highest BCUT2D eigenvalue weighted by molar-refractivity contribution is 5.96. The van der Waals surface area contributed by atoms with Crippen molar-refractivity contribution in [2.24, 2.45) is 0 Å². The van der Waals surface area contributed by atoms with Gasteiger partial charge < -0.3 is 14.4 Å². The second kappa shape index (κ2) is 6.47. The number of carbonyl (C=O) groups is 2. The summed E-state index contributed by atoms with van der Waals surface area (Å²) in [5.74, 6) is -1.03. The van der Waals surface area contributed by atoms with Crippen LogP contribution in [0.1, 0.15) is 44.7 Å². The molecule has 1 amide bonds. The number of hydrogen-bond acceptors (Lipinski definition) is 3. The van der Waals surface area contributed by atoms with Crippen molar-refractivity contribution >= 4 is 11.9 Å². The second-order valence-electron chi connectivity index (χ2n) is 5.19. The third kappa shape index (κ3) is 3.19. The normalized spacial score (nSPS) is 10.5. The molecule has 1 heterocycles. The quantitative estimate of drug-likeness (QED) is 0.921. The molecule has 5 heteroatoms. The Morgan fingerprint density at radius 1 is 1.27 bits per heavy atom. The Balaban J connectivity index is 2.21. The van der Waals surface area contributed by atoms with Gasteiger partial charge in [-0.3, -0.25) is 4.79 Å². The molecule has 0 atom stereocenters. The predicted molar refractivity (Wildman–Crippen MR) is 82.0 cm³/mol. The minimum Gasteiger partial charge on any atom is -0.478 e. The van der Waals surface area contributed by atoms with E-state index in [9.17, 15) is 9.59 Å². The van der Waals surface area contributed by atoms with E-state index in [1.807, 2.05) is 31.2 Å². The number of rotatable bonds is 5. The topological polar surface area (TPSA) is 70.8 Å². The molecule has 22 heavy (non-hydrogen) atoms. The number of amides is 1. The number of carboxylic acids is 1. The van der Waals surface area contributed by atoms with Crippen LogP contribution in [0.15, 0.2) is 34.7 Å². The highest BCUT2D eigenvalue weighted by atomic mass is 16.4. The van der Waals surface area contributed by atoms with Crippen LogP contribution in [0, 0.1) is 6.92 Å². The molecule has 0 unspecified atom stereocenters. The highest BCUT2D eigenvalue weighted by Gasteiger charge is 2.22. The lowest BCUT2D eigenvalue weighted by Gasteiger charge is -2.17. The Hall–Kier alpha value is -2.56. The average molecular weight is 301 g/mol. The van der Waals surface area contributed by atoms with E-state index in [1.165, 1.54) is 11.0 Å². The number of hydrogen-bond donors (Lipinski definition) is 1. The van der Waals surface area contributed by atoms with Crippen molar-refractivity contribution in [1.82, 2.24) is 4.90 Å². The summed E-state index contributed by atoms with van der Waals surface area (Å²) < 4.78 is 5.40. The van der Waals surface area contributed by atoms with Gasteiger partial charge in [-0.2, -0.15) is 0 Å². The summed E-state index contributed by atoms with van der Waals surface area (Å²) in [6, 6.07) is 9.11. The van der Waals surface area contributed by atoms with E-state index in [4.69, 9.17) is 9.52 Å². The van der Waals surface area contributed by atoms with Gasteiger partial charge in [0, 0.05) is 26.1 Å². The Morgan fingerprint density at radius 3 is 2.50 bits per heavy atom. The highest BCUT2D eigenvalue weighted by Crippen LogP contribution is 2.19. The molecule has 1 aromatic heterocycles. The van der Waals surface area contributed by atoms with Crippen molar-refractivity contribution in [2.75, 3.05) is 7.05 Å². The largest absolute Gasteiger partial charge is 0.478 e. The first-order valence-electron chi connectivity index (χ1n) is 7.10. The summed E-state index contributed by atoms with van der Waals surface area (Å²) in [6.45, 7) is 4.21. The average Bonchev–Trinajstić information content (AvgIpc) is 2.93. The molecule has 0 fully saturated rings. The maximum atomic E-state index is 12.4. The molecule has 2 rings (SSSR count). The van der Waals surface area contributed by atoms with Crippen LogP contribution in [0.5, 0.6) is 0 Å². The van der Waals surface area contributed by atoms with Gasteiger partial charge in [-0.25, -0.2) is 4.79 Å². The zero-order chi connectivity index (χ0) is 16.3. The Kier molecular flexibility index (Phi) is 4.65. The number of carboxylic acid groups (broad SMARTS) is 1. The number of carbonyl (C=O) groups excluding carboxylic acids is 1. The standard InChI is InChI=1S/C17H19NO4/c1-4-14-13(17(20)21)9-15(22-14)16(19)18(3)10-12-8-6-5-7-11(12)2/h5-9H,4,10H2,1-3H3,(H,20,21). The fourth-order valence-corrected chi connectivity index (χ4v) is 2.28. The fourth-order valence-electron chi connectivity index (χ4n) is 2.28. The van der Waals surface area contributed by atoms with Crippen LogP contribution < -0.4 is 0 Å². The predicted octanol–water partition coefficient (Wildman–Crippen LogP) is 3.12. The molecule has 116 valence electrons. The first-order chi connectivity index (χ1) is 10.4. The summed E-state index contributed by atoms with van der Waals surface area (Å²) >= 11 is 0. The van der Waals surface area contributed by atoms with Crippen LogP contribution in [-0.2, 0) is 13.0 Å². The van der Waals surface area contributed by atoms with Gasteiger partial charge in [-0.15, -0.1) is 0 Å². The monoisotopic (exact) mass is 301 g/mol. The minimum absolute atomic E-state index is 0.0511. The summed E-state index contributed by atoms with van der Waals surface area (Å²) in [5, 5.41) is 9.12. The Labute approximate surface area is 129 Å². The van der Waals surface area contributed by atoms with E-state index >= 15 is 0 Å². The molecule has 1 N–H and O–H groups in total. The minimum atomic E-state index is -1.08. The van der Waals surface area contributed by atoms with Gasteiger partial charge in [0.25, 0.3) is 5.91 Å². The SMILES string of the molecule is CCc1oc(C(=O)N(C)Cc2ccccc2C)cc1C(=O)O. The van der Waals surface area contributed by atoms with Gasteiger partial charge in [0.05, 0.1) is 0 Å². The van der Waals surface area contributed by atoms with E-state index in [0.29, 0.717) is 18.7 Å². The van der Waals surface area contributed by atoms with Crippen LogP contribution in [0.3, 0.4) is 0 Å². The van der Waals surface area contributed by atoms with Crippen LogP contribution in [0.4, 0.5) is 0 Å². The molecule has 0 saturated heterocycles. The fraction of sp³-hybridized carbons (Fsp3) is 0.294. The number of benzene rings is 1. The van der Waals surface area contributed by atoms with Crippen molar-refractivity contribution in [2.45, 2.75) is 26.8 Å². The number of aryl methyl sites for hydroxylation is 2. The van der Waals surface area contributed by atoms with Crippen molar-refractivity contribution in [3.63, 3.8) is 0 Å². The second-order valence-corrected chi connectivity index (χ2v) is 5.19. The van der Waals surface area contributed by atoms with E-state index in [1.54, 1.807) is 14.0 Å². The molecule has 0 aliphatic heterocycles. The molecular weight excluding hydrogens is 282 g/mol. The zero-order valence-corrected chi connectivity index (χ0v) is 12.9. The van der Waals surface area contributed by atoms with Gasteiger partial charge >= 0.3 is 5.97 Å². The van der Waals surface area contributed by atoms with E-state index in [2.05, 4.69) is 0 Å². The molecule has 2 aromatic rings. The molecular formula is C17H19NO4.